The van der Waals surface area contributed by atoms with E-state index in [1.165, 1.54) is 18.4 Å². The van der Waals surface area contributed by atoms with E-state index in [9.17, 15) is 0 Å². The lowest BCUT2D eigenvalue weighted by atomic mass is 9.88. The summed E-state index contributed by atoms with van der Waals surface area (Å²) < 4.78 is 5.62. The fourth-order valence-electron chi connectivity index (χ4n) is 2.99. The van der Waals surface area contributed by atoms with Crippen LogP contribution in [0.15, 0.2) is 18.3 Å². The Morgan fingerprint density at radius 3 is 2.33 bits per heavy atom. The van der Waals surface area contributed by atoms with E-state index in [-0.39, 0.29) is 5.41 Å². The first-order chi connectivity index (χ1) is 8.55. The number of hydrogen-bond donors (Lipinski definition) is 0. The van der Waals surface area contributed by atoms with Crippen molar-refractivity contribution in [1.29, 1.82) is 0 Å². The Bertz CT molecular complexity index is 405. The summed E-state index contributed by atoms with van der Waals surface area (Å²) >= 11 is 0. The fraction of sp³-hybridized carbons (Fsp3) is 0.667. The fourth-order valence-corrected chi connectivity index (χ4v) is 2.99. The van der Waals surface area contributed by atoms with Crippen molar-refractivity contribution in [2.24, 2.45) is 0 Å². The molecule has 2 bridgehead atoms. The van der Waals surface area contributed by atoms with Gasteiger partial charge in [-0.2, -0.15) is 0 Å². The van der Waals surface area contributed by atoms with Crippen LogP contribution in [0, 0.1) is 0 Å². The number of hydrogen-bond acceptors (Lipinski definition) is 3. The molecule has 2 aliphatic rings. The lowest BCUT2D eigenvalue weighted by molar-refractivity contribution is 0.0902. The summed E-state index contributed by atoms with van der Waals surface area (Å²) in [7, 11) is 0. The Labute approximate surface area is 109 Å². The molecule has 0 aromatic carbocycles. The van der Waals surface area contributed by atoms with E-state index in [0.29, 0.717) is 12.1 Å². The van der Waals surface area contributed by atoms with Crippen LogP contribution in [0.5, 0.6) is 0 Å². The average molecular weight is 246 g/mol. The summed E-state index contributed by atoms with van der Waals surface area (Å²) in [5.74, 6) is 1.12. The summed E-state index contributed by atoms with van der Waals surface area (Å²) in [6.45, 7) is 8.39. The molecule has 2 aliphatic heterocycles. The molecule has 2 fully saturated rings. The second-order valence-corrected chi connectivity index (χ2v) is 6.48. The molecule has 0 N–H and O–H groups in total. The van der Waals surface area contributed by atoms with Gasteiger partial charge in [0.1, 0.15) is 5.82 Å². The summed E-state index contributed by atoms with van der Waals surface area (Å²) in [5.41, 5.74) is 1.47. The zero-order valence-electron chi connectivity index (χ0n) is 11.5. The zero-order chi connectivity index (χ0) is 12.8. The topological polar surface area (TPSA) is 25.4 Å². The highest BCUT2D eigenvalue weighted by atomic mass is 16.5. The molecule has 1 aromatic heterocycles. The first-order valence-corrected chi connectivity index (χ1v) is 6.88. The van der Waals surface area contributed by atoms with Gasteiger partial charge in [0, 0.05) is 6.20 Å². The molecule has 98 valence electrons. The van der Waals surface area contributed by atoms with Crippen LogP contribution in [0.4, 0.5) is 5.82 Å². The molecule has 1 aromatic rings. The molecule has 3 rings (SSSR count). The number of anilines is 1. The van der Waals surface area contributed by atoms with Gasteiger partial charge in [-0.15, -0.1) is 0 Å². The highest BCUT2D eigenvalue weighted by Crippen LogP contribution is 2.33. The third kappa shape index (κ3) is 2.01. The maximum absolute atomic E-state index is 5.62. The van der Waals surface area contributed by atoms with E-state index in [1.807, 2.05) is 6.20 Å². The Kier molecular flexibility index (Phi) is 2.81. The third-order valence-corrected chi connectivity index (χ3v) is 4.12. The number of aromatic nitrogens is 1. The molecular formula is C15H22N2O. The SMILES string of the molecule is CC(C)(C)c1ccc(N2C3CCC2COC3)nc1. The largest absolute Gasteiger partial charge is 0.377 e. The normalized spacial score (nSPS) is 27.6. The van der Waals surface area contributed by atoms with Crippen LogP contribution in [0.1, 0.15) is 39.2 Å². The number of morpholine rings is 1. The summed E-state index contributed by atoms with van der Waals surface area (Å²) in [6, 6.07) is 5.47. The van der Waals surface area contributed by atoms with E-state index >= 15 is 0 Å². The molecule has 3 heteroatoms. The highest BCUT2D eigenvalue weighted by molar-refractivity contribution is 5.45. The summed E-state index contributed by atoms with van der Waals surface area (Å²) in [5, 5.41) is 0. The molecule has 2 saturated heterocycles. The van der Waals surface area contributed by atoms with Crippen molar-refractivity contribution in [3.63, 3.8) is 0 Å². The van der Waals surface area contributed by atoms with Crippen LogP contribution in [0.3, 0.4) is 0 Å². The van der Waals surface area contributed by atoms with Gasteiger partial charge in [-0.05, 0) is 29.9 Å². The minimum absolute atomic E-state index is 0.176. The van der Waals surface area contributed by atoms with Gasteiger partial charge in [0.25, 0.3) is 0 Å². The first-order valence-electron chi connectivity index (χ1n) is 6.88. The van der Waals surface area contributed by atoms with Gasteiger partial charge in [0.15, 0.2) is 0 Å². The van der Waals surface area contributed by atoms with Gasteiger partial charge >= 0.3 is 0 Å². The van der Waals surface area contributed by atoms with E-state index in [0.717, 1.165) is 19.0 Å². The minimum Gasteiger partial charge on any atom is -0.377 e. The van der Waals surface area contributed by atoms with Crippen molar-refractivity contribution in [3.05, 3.63) is 23.9 Å². The Morgan fingerprint density at radius 1 is 1.17 bits per heavy atom. The molecule has 0 spiro atoms. The molecule has 0 saturated carbocycles. The van der Waals surface area contributed by atoms with E-state index in [4.69, 9.17) is 4.74 Å². The molecule has 0 amide bonds. The van der Waals surface area contributed by atoms with Crippen LogP contribution in [0.2, 0.25) is 0 Å². The number of ether oxygens (including phenoxy) is 1. The summed E-state index contributed by atoms with van der Waals surface area (Å²) in [4.78, 5) is 7.15. The molecule has 18 heavy (non-hydrogen) atoms. The maximum Gasteiger partial charge on any atom is 0.129 e. The van der Waals surface area contributed by atoms with Crippen molar-refractivity contribution in [2.45, 2.75) is 51.1 Å². The number of pyridine rings is 1. The Hall–Kier alpha value is -1.09. The second-order valence-electron chi connectivity index (χ2n) is 6.48. The van der Waals surface area contributed by atoms with Gasteiger partial charge in [-0.25, -0.2) is 4.98 Å². The van der Waals surface area contributed by atoms with Crippen molar-refractivity contribution in [1.82, 2.24) is 4.98 Å². The molecular weight excluding hydrogens is 224 g/mol. The monoisotopic (exact) mass is 246 g/mol. The van der Waals surface area contributed by atoms with Crippen LogP contribution in [-0.4, -0.2) is 30.3 Å². The molecule has 2 unspecified atom stereocenters. The average Bonchev–Trinajstić information content (AvgIpc) is 2.58. The third-order valence-electron chi connectivity index (χ3n) is 4.12. The predicted molar refractivity (Wildman–Crippen MR) is 73.0 cm³/mol. The smallest absolute Gasteiger partial charge is 0.129 e. The summed E-state index contributed by atoms with van der Waals surface area (Å²) in [6.07, 6.45) is 4.52. The van der Waals surface area contributed by atoms with Crippen molar-refractivity contribution < 1.29 is 4.74 Å². The number of nitrogens with zero attached hydrogens (tertiary/aromatic N) is 2. The van der Waals surface area contributed by atoms with E-state index in [1.54, 1.807) is 0 Å². The standard InChI is InChI=1S/C15H22N2O/c1-15(2,3)11-4-7-14(16-8-11)17-12-5-6-13(17)10-18-9-12/h4,7-8,12-13H,5-6,9-10H2,1-3H3. The van der Waals surface area contributed by atoms with Crippen LogP contribution in [0.25, 0.3) is 0 Å². The van der Waals surface area contributed by atoms with Crippen LogP contribution < -0.4 is 4.90 Å². The quantitative estimate of drug-likeness (QED) is 0.762. The minimum atomic E-state index is 0.176. The van der Waals surface area contributed by atoms with Crippen LogP contribution in [-0.2, 0) is 10.2 Å². The van der Waals surface area contributed by atoms with Gasteiger partial charge in [0.05, 0.1) is 25.3 Å². The molecule has 2 atom stereocenters. The van der Waals surface area contributed by atoms with E-state index < -0.39 is 0 Å². The first kappa shape index (κ1) is 12.0. The van der Waals surface area contributed by atoms with Gasteiger partial charge < -0.3 is 9.64 Å². The number of rotatable bonds is 1. The zero-order valence-corrected chi connectivity index (χ0v) is 11.5. The molecule has 0 radical (unpaired) electrons. The van der Waals surface area contributed by atoms with Crippen molar-refractivity contribution in [2.75, 3.05) is 18.1 Å². The Balaban J connectivity index is 1.85. The second kappa shape index (κ2) is 4.23. The van der Waals surface area contributed by atoms with Gasteiger partial charge in [-0.1, -0.05) is 26.8 Å². The molecule has 3 nitrogen and oxygen atoms in total. The molecule has 0 aliphatic carbocycles. The molecule has 3 heterocycles. The number of fused-ring (bicyclic) bond motifs is 2. The predicted octanol–water partition coefficient (Wildman–Crippen LogP) is 2.75. The van der Waals surface area contributed by atoms with Crippen molar-refractivity contribution in [3.8, 4) is 0 Å². The lowest BCUT2D eigenvalue weighted by Crippen LogP contribution is -2.46. The maximum atomic E-state index is 5.62. The van der Waals surface area contributed by atoms with Gasteiger partial charge in [-0.3, -0.25) is 0 Å². The van der Waals surface area contributed by atoms with Gasteiger partial charge in [0.2, 0.25) is 0 Å². The highest BCUT2D eigenvalue weighted by Gasteiger charge is 2.38. The Morgan fingerprint density at radius 2 is 1.83 bits per heavy atom. The van der Waals surface area contributed by atoms with E-state index in [2.05, 4.69) is 42.8 Å². The van der Waals surface area contributed by atoms with Crippen molar-refractivity contribution >= 4 is 5.82 Å². The van der Waals surface area contributed by atoms with Crippen LogP contribution >= 0.6 is 0 Å². The lowest BCUT2D eigenvalue weighted by Gasteiger charge is -2.35.